The van der Waals surface area contributed by atoms with E-state index in [0.717, 1.165) is 11.3 Å². The summed E-state index contributed by atoms with van der Waals surface area (Å²) in [4.78, 5) is 0. The summed E-state index contributed by atoms with van der Waals surface area (Å²) >= 11 is 0.910. The SMILES string of the molecule is Nc1nnc(C(O)CC(F)F)s1. The predicted molar refractivity (Wildman–Crippen MR) is 39.9 cm³/mol. The van der Waals surface area contributed by atoms with Gasteiger partial charge in [0.1, 0.15) is 11.1 Å². The number of nitrogens with two attached hydrogens (primary N) is 1. The molecule has 0 amide bonds. The van der Waals surface area contributed by atoms with Crippen LogP contribution in [0.15, 0.2) is 0 Å². The molecule has 7 heteroatoms. The van der Waals surface area contributed by atoms with Gasteiger partial charge in [-0.1, -0.05) is 11.3 Å². The molecule has 0 aliphatic rings. The molecule has 0 saturated heterocycles. The zero-order valence-corrected chi connectivity index (χ0v) is 6.76. The van der Waals surface area contributed by atoms with Crippen molar-refractivity contribution >= 4 is 16.5 Å². The van der Waals surface area contributed by atoms with E-state index in [9.17, 15) is 8.78 Å². The third-order valence-electron chi connectivity index (χ3n) is 1.14. The average Bonchev–Trinajstić information content (AvgIpc) is 2.34. The Labute approximate surface area is 71.0 Å². The van der Waals surface area contributed by atoms with Gasteiger partial charge in [0.25, 0.3) is 0 Å². The summed E-state index contributed by atoms with van der Waals surface area (Å²) in [5, 5.41) is 16.2. The first kappa shape index (κ1) is 9.27. The molecular formula is C5H7F2N3OS. The molecule has 0 radical (unpaired) electrons. The topological polar surface area (TPSA) is 72.0 Å². The molecule has 1 aromatic heterocycles. The van der Waals surface area contributed by atoms with Gasteiger partial charge in [-0.05, 0) is 0 Å². The first-order valence-corrected chi connectivity index (χ1v) is 3.96. The van der Waals surface area contributed by atoms with Crippen LogP contribution in [0.25, 0.3) is 0 Å². The normalized spacial score (nSPS) is 13.7. The van der Waals surface area contributed by atoms with Gasteiger partial charge in [-0.2, -0.15) is 0 Å². The quantitative estimate of drug-likeness (QED) is 0.748. The van der Waals surface area contributed by atoms with Crippen LogP contribution >= 0.6 is 11.3 Å². The highest BCUT2D eigenvalue weighted by Gasteiger charge is 2.17. The summed E-state index contributed by atoms with van der Waals surface area (Å²) in [7, 11) is 0. The van der Waals surface area contributed by atoms with Crippen molar-refractivity contribution in [2.24, 2.45) is 0 Å². The van der Waals surface area contributed by atoms with Gasteiger partial charge in [0.05, 0.1) is 0 Å². The van der Waals surface area contributed by atoms with Gasteiger partial charge < -0.3 is 10.8 Å². The molecule has 0 aliphatic carbocycles. The van der Waals surface area contributed by atoms with Crippen LogP contribution < -0.4 is 5.73 Å². The van der Waals surface area contributed by atoms with E-state index >= 15 is 0 Å². The largest absolute Gasteiger partial charge is 0.386 e. The van der Waals surface area contributed by atoms with E-state index in [4.69, 9.17) is 10.8 Å². The molecule has 68 valence electrons. The van der Waals surface area contributed by atoms with E-state index in [-0.39, 0.29) is 10.1 Å². The summed E-state index contributed by atoms with van der Waals surface area (Å²) in [5.41, 5.74) is 5.19. The van der Waals surface area contributed by atoms with Crippen LogP contribution in [0.5, 0.6) is 0 Å². The Hall–Kier alpha value is -0.820. The van der Waals surface area contributed by atoms with Gasteiger partial charge >= 0.3 is 0 Å². The number of hydrogen-bond donors (Lipinski definition) is 2. The fraction of sp³-hybridized carbons (Fsp3) is 0.600. The van der Waals surface area contributed by atoms with Crippen molar-refractivity contribution in [2.75, 3.05) is 5.73 Å². The third kappa shape index (κ3) is 2.35. The number of aliphatic hydroxyl groups is 1. The Bertz CT molecular complexity index is 255. The van der Waals surface area contributed by atoms with E-state index in [2.05, 4.69) is 10.2 Å². The van der Waals surface area contributed by atoms with E-state index in [1.54, 1.807) is 0 Å². The summed E-state index contributed by atoms with van der Waals surface area (Å²) in [6.07, 6.45) is -4.45. The fourth-order valence-electron chi connectivity index (χ4n) is 0.651. The number of aromatic nitrogens is 2. The number of nitrogens with zero attached hydrogens (tertiary/aromatic N) is 2. The van der Waals surface area contributed by atoms with E-state index in [0.29, 0.717) is 0 Å². The second-order valence-electron chi connectivity index (χ2n) is 2.12. The van der Waals surface area contributed by atoms with Crippen LogP contribution in [0.3, 0.4) is 0 Å². The zero-order valence-electron chi connectivity index (χ0n) is 5.94. The molecule has 0 aliphatic heterocycles. The number of hydrogen-bond acceptors (Lipinski definition) is 5. The lowest BCUT2D eigenvalue weighted by Gasteiger charge is -2.03. The number of anilines is 1. The second-order valence-corrected chi connectivity index (χ2v) is 3.16. The van der Waals surface area contributed by atoms with Crippen molar-refractivity contribution < 1.29 is 13.9 Å². The van der Waals surface area contributed by atoms with Gasteiger partial charge in [0.2, 0.25) is 11.6 Å². The monoisotopic (exact) mass is 195 g/mol. The summed E-state index contributed by atoms with van der Waals surface area (Å²) < 4.78 is 23.5. The third-order valence-corrected chi connectivity index (χ3v) is 2.00. The van der Waals surface area contributed by atoms with Crippen LogP contribution in [0.1, 0.15) is 17.5 Å². The predicted octanol–water partition coefficient (Wildman–Crippen LogP) is 0.809. The number of halogens is 2. The van der Waals surface area contributed by atoms with Gasteiger partial charge in [-0.15, -0.1) is 10.2 Å². The van der Waals surface area contributed by atoms with Gasteiger partial charge in [-0.25, -0.2) is 8.78 Å². The highest BCUT2D eigenvalue weighted by molar-refractivity contribution is 7.15. The Morgan fingerprint density at radius 3 is 2.58 bits per heavy atom. The number of rotatable bonds is 3. The Morgan fingerprint density at radius 2 is 2.17 bits per heavy atom. The molecule has 12 heavy (non-hydrogen) atoms. The van der Waals surface area contributed by atoms with E-state index in [1.807, 2.05) is 0 Å². The zero-order chi connectivity index (χ0) is 9.14. The standard InChI is InChI=1S/C5H7F2N3OS/c6-3(7)1-2(11)4-9-10-5(8)12-4/h2-3,11H,1H2,(H2,8,10). The molecule has 1 heterocycles. The lowest BCUT2D eigenvalue weighted by molar-refractivity contribution is 0.0607. The van der Waals surface area contributed by atoms with E-state index in [1.165, 1.54) is 0 Å². The Morgan fingerprint density at radius 1 is 1.50 bits per heavy atom. The Kier molecular flexibility index (Phi) is 2.88. The lowest BCUT2D eigenvalue weighted by Crippen LogP contribution is -2.02. The molecule has 1 aromatic rings. The average molecular weight is 195 g/mol. The van der Waals surface area contributed by atoms with Crippen LogP contribution in [-0.4, -0.2) is 21.7 Å². The first-order valence-electron chi connectivity index (χ1n) is 3.14. The van der Waals surface area contributed by atoms with Crippen molar-refractivity contribution in [3.8, 4) is 0 Å². The highest BCUT2D eigenvalue weighted by Crippen LogP contribution is 2.23. The minimum atomic E-state index is -2.55. The molecular weight excluding hydrogens is 188 g/mol. The lowest BCUT2D eigenvalue weighted by atomic mass is 10.3. The molecule has 1 rings (SSSR count). The molecule has 1 unspecified atom stereocenters. The van der Waals surface area contributed by atoms with Crippen LogP contribution in [-0.2, 0) is 0 Å². The molecule has 4 nitrogen and oxygen atoms in total. The molecule has 1 atom stereocenters. The number of aliphatic hydroxyl groups excluding tert-OH is 1. The fourth-order valence-corrected chi connectivity index (χ4v) is 1.26. The van der Waals surface area contributed by atoms with Crippen molar-refractivity contribution in [1.29, 1.82) is 0 Å². The molecule has 0 bridgehead atoms. The molecule has 0 spiro atoms. The van der Waals surface area contributed by atoms with Crippen molar-refractivity contribution in [3.05, 3.63) is 5.01 Å². The van der Waals surface area contributed by atoms with Crippen molar-refractivity contribution in [2.45, 2.75) is 19.0 Å². The van der Waals surface area contributed by atoms with Gasteiger partial charge in [0, 0.05) is 6.42 Å². The highest BCUT2D eigenvalue weighted by atomic mass is 32.1. The van der Waals surface area contributed by atoms with Gasteiger partial charge in [-0.3, -0.25) is 0 Å². The Balaban J connectivity index is 2.58. The molecule has 0 saturated carbocycles. The van der Waals surface area contributed by atoms with Crippen LogP contribution in [0.2, 0.25) is 0 Å². The maximum absolute atomic E-state index is 11.7. The number of alkyl halides is 2. The maximum Gasteiger partial charge on any atom is 0.241 e. The van der Waals surface area contributed by atoms with Crippen molar-refractivity contribution in [1.82, 2.24) is 10.2 Å². The first-order chi connectivity index (χ1) is 5.59. The molecule has 0 aromatic carbocycles. The summed E-state index contributed by atoms with van der Waals surface area (Å²) in [6, 6.07) is 0. The smallest absolute Gasteiger partial charge is 0.241 e. The second kappa shape index (κ2) is 3.72. The minimum Gasteiger partial charge on any atom is -0.386 e. The van der Waals surface area contributed by atoms with Crippen LogP contribution in [0.4, 0.5) is 13.9 Å². The summed E-state index contributed by atoms with van der Waals surface area (Å²) in [5.74, 6) is 0. The van der Waals surface area contributed by atoms with Crippen LogP contribution in [0, 0.1) is 0 Å². The minimum absolute atomic E-state index is 0.132. The summed E-state index contributed by atoms with van der Waals surface area (Å²) in [6.45, 7) is 0. The van der Waals surface area contributed by atoms with E-state index < -0.39 is 19.0 Å². The van der Waals surface area contributed by atoms with Crippen molar-refractivity contribution in [3.63, 3.8) is 0 Å². The number of nitrogen functional groups attached to an aromatic ring is 1. The maximum atomic E-state index is 11.7. The molecule has 3 N–H and O–H groups in total. The van der Waals surface area contributed by atoms with Gasteiger partial charge in [0.15, 0.2) is 0 Å². The molecule has 0 fully saturated rings.